The van der Waals surface area contributed by atoms with Gasteiger partial charge < -0.3 is 20.1 Å². The zero-order chi connectivity index (χ0) is 17.3. The third kappa shape index (κ3) is 5.76. The van der Waals surface area contributed by atoms with Crippen molar-refractivity contribution in [1.82, 2.24) is 10.6 Å². The van der Waals surface area contributed by atoms with Crippen LogP contribution in [0, 0.1) is 5.82 Å². The van der Waals surface area contributed by atoms with Crippen LogP contribution in [0.4, 0.5) is 4.39 Å². The molecular formula is C18H28FN3O2. The van der Waals surface area contributed by atoms with Crippen LogP contribution < -0.4 is 10.6 Å². The highest BCUT2D eigenvalue weighted by atomic mass is 19.1. The van der Waals surface area contributed by atoms with Gasteiger partial charge in [0.05, 0.1) is 13.2 Å². The highest BCUT2D eigenvalue weighted by molar-refractivity contribution is 5.79. The standard InChI is InChI=1S/C18H28FN3O2/c1-20-17(21-9-4-10-24-12-11-23-2)22-14-18(7-8-18)15-5-3-6-16(19)13-15/h3,5-6,13H,4,7-12,14H2,1-2H3,(H2,20,21,22). The smallest absolute Gasteiger partial charge is 0.191 e. The molecule has 2 N–H and O–H groups in total. The molecule has 24 heavy (non-hydrogen) atoms. The van der Waals surface area contributed by atoms with Crippen LogP contribution in [0.25, 0.3) is 0 Å². The summed E-state index contributed by atoms with van der Waals surface area (Å²) in [6.45, 7) is 3.50. The molecule has 1 aliphatic carbocycles. The molecule has 1 aromatic rings. The Morgan fingerprint density at radius 1 is 1.25 bits per heavy atom. The predicted octanol–water partition coefficient (Wildman–Crippen LogP) is 2.08. The van der Waals surface area contributed by atoms with E-state index in [2.05, 4.69) is 15.6 Å². The summed E-state index contributed by atoms with van der Waals surface area (Å²) in [4.78, 5) is 4.24. The molecule has 0 saturated heterocycles. The molecule has 0 heterocycles. The van der Waals surface area contributed by atoms with Gasteiger partial charge in [0.2, 0.25) is 0 Å². The van der Waals surface area contributed by atoms with Gasteiger partial charge in [0.15, 0.2) is 5.96 Å². The molecule has 6 heteroatoms. The Bertz CT molecular complexity index is 533. The molecule has 1 aromatic carbocycles. The highest BCUT2D eigenvalue weighted by Crippen LogP contribution is 2.47. The molecule has 5 nitrogen and oxygen atoms in total. The summed E-state index contributed by atoms with van der Waals surface area (Å²) in [6, 6.07) is 6.91. The number of aliphatic imine (C=N–C) groups is 1. The van der Waals surface area contributed by atoms with E-state index in [1.165, 1.54) is 6.07 Å². The van der Waals surface area contributed by atoms with Crippen molar-refractivity contribution in [2.75, 3.05) is 47.1 Å². The fourth-order valence-electron chi connectivity index (χ4n) is 2.64. The SMILES string of the molecule is CN=C(NCCCOCCOC)NCC1(c2cccc(F)c2)CC1. The second-order valence-corrected chi connectivity index (χ2v) is 6.10. The van der Waals surface area contributed by atoms with Gasteiger partial charge in [-0.15, -0.1) is 0 Å². The molecule has 0 amide bonds. The Balaban J connectivity index is 1.68. The molecule has 134 valence electrons. The van der Waals surface area contributed by atoms with E-state index < -0.39 is 0 Å². The van der Waals surface area contributed by atoms with E-state index in [-0.39, 0.29) is 11.2 Å². The molecule has 0 bridgehead atoms. The number of nitrogens with one attached hydrogen (secondary N) is 2. The molecule has 2 rings (SSSR count). The van der Waals surface area contributed by atoms with Crippen molar-refractivity contribution in [2.45, 2.75) is 24.7 Å². The Kier molecular flexibility index (Phi) is 7.46. The maximum atomic E-state index is 13.4. The van der Waals surface area contributed by atoms with Gasteiger partial charge in [-0.3, -0.25) is 4.99 Å². The fraction of sp³-hybridized carbons (Fsp3) is 0.611. The van der Waals surface area contributed by atoms with Crippen LogP contribution in [0.5, 0.6) is 0 Å². The van der Waals surface area contributed by atoms with Gasteiger partial charge >= 0.3 is 0 Å². The Hall–Kier alpha value is -1.66. The van der Waals surface area contributed by atoms with E-state index in [1.54, 1.807) is 26.3 Å². The molecule has 1 aliphatic rings. The van der Waals surface area contributed by atoms with E-state index in [4.69, 9.17) is 9.47 Å². The van der Waals surface area contributed by atoms with E-state index in [0.29, 0.717) is 19.8 Å². The molecule has 0 spiro atoms. The number of rotatable bonds is 10. The summed E-state index contributed by atoms with van der Waals surface area (Å²) in [5.74, 6) is 0.601. The molecule has 0 atom stereocenters. The zero-order valence-corrected chi connectivity index (χ0v) is 14.6. The second-order valence-electron chi connectivity index (χ2n) is 6.10. The number of ether oxygens (including phenoxy) is 2. The van der Waals surface area contributed by atoms with E-state index in [9.17, 15) is 4.39 Å². The summed E-state index contributed by atoms with van der Waals surface area (Å²) >= 11 is 0. The van der Waals surface area contributed by atoms with Crippen LogP contribution in [0.2, 0.25) is 0 Å². The van der Waals surface area contributed by atoms with Crippen molar-refractivity contribution in [3.63, 3.8) is 0 Å². The highest BCUT2D eigenvalue weighted by Gasteiger charge is 2.44. The van der Waals surface area contributed by atoms with Gasteiger partial charge in [0, 0.05) is 39.3 Å². The Morgan fingerprint density at radius 2 is 2.08 bits per heavy atom. The first kappa shape index (κ1) is 18.7. The lowest BCUT2D eigenvalue weighted by Gasteiger charge is -2.19. The van der Waals surface area contributed by atoms with Crippen LogP contribution in [-0.4, -0.2) is 53.0 Å². The first-order valence-corrected chi connectivity index (χ1v) is 8.47. The first-order valence-electron chi connectivity index (χ1n) is 8.47. The molecule has 0 unspecified atom stereocenters. The number of nitrogens with zero attached hydrogens (tertiary/aromatic N) is 1. The lowest BCUT2D eigenvalue weighted by atomic mass is 9.96. The van der Waals surface area contributed by atoms with Gasteiger partial charge in [-0.25, -0.2) is 4.39 Å². The number of hydrogen-bond donors (Lipinski definition) is 2. The molecule has 0 aliphatic heterocycles. The number of benzene rings is 1. The number of guanidine groups is 1. The van der Waals surface area contributed by atoms with Crippen molar-refractivity contribution >= 4 is 5.96 Å². The monoisotopic (exact) mass is 337 g/mol. The third-order valence-corrected chi connectivity index (χ3v) is 4.30. The maximum Gasteiger partial charge on any atom is 0.191 e. The average Bonchev–Trinajstić information content (AvgIpc) is 3.38. The van der Waals surface area contributed by atoms with Crippen molar-refractivity contribution < 1.29 is 13.9 Å². The summed E-state index contributed by atoms with van der Waals surface area (Å²) in [7, 11) is 3.42. The summed E-state index contributed by atoms with van der Waals surface area (Å²) in [6.07, 6.45) is 3.06. The van der Waals surface area contributed by atoms with Crippen LogP contribution in [0.3, 0.4) is 0 Å². The maximum absolute atomic E-state index is 13.4. The van der Waals surface area contributed by atoms with Crippen LogP contribution in [0.1, 0.15) is 24.8 Å². The zero-order valence-electron chi connectivity index (χ0n) is 14.6. The van der Waals surface area contributed by atoms with Crippen molar-refractivity contribution in [2.24, 2.45) is 4.99 Å². The lowest BCUT2D eigenvalue weighted by molar-refractivity contribution is 0.0698. The Morgan fingerprint density at radius 3 is 2.75 bits per heavy atom. The molecular weight excluding hydrogens is 309 g/mol. The topological polar surface area (TPSA) is 54.9 Å². The van der Waals surface area contributed by atoms with Crippen LogP contribution in [0.15, 0.2) is 29.3 Å². The van der Waals surface area contributed by atoms with Crippen molar-refractivity contribution in [3.05, 3.63) is 35.6 Å². The van der Waals surface area contributed by atoms with Crippen LogP contribution in [-0.2, 0) is 14.9 Å². The minimum absolute atomic E-state index is 0.0446. The number of methoxy groups -OCH3 is 1. The van der Waals surface area contributed by atoms with Gasteiger partial charge in [-0.05, 0) is 37.0 Å². The predicted molar refractivity (Wildman–Crippen MR) is 94.0 cm³/mol. The minimum Gasteiger partial charge on any atom is -0.382 e. The average molecular weight is 337 g/mol. The number of halogens is 1. The summed E-state index contributed by atoms with van der Waals surface area (Å²) in [5, 5.41) is 6.63. The van der Waals surface area contributed by atoms with Gasteiger partial charge in [0.1, 0.15) is 5.82 Å². The largest absolute Gasteiger partial charge is 0.382 e. The van der Waals surface area contributed by atoms with Gasteiger partial charge in [-0.1, -0.05) is 12.1 Å². The quantitative estimate of drug-likeness (QED) is 0.390. The molecule has 1 fully saturated rings. The minimum atomic E-state index is -0.172. The summed E-state index contributed by atoms with van der Waals surface area (Å²) < 4.78 is 23.8. The van der Waals surface area contributed by atoms with E-state index in [1.807, 2.05) is 6.07 Å². The van der Waals surface area contributed by atoms with E-state index in [0.717, 1.165) is 43.9 Å². The van der Waals surface area contributed by atoms with Crippen molar-refractivity contribution in [3.8, 4) is 0 Å². The fourth-order valence-corrected chi connectivity index (χ4v) is 2.64. The van der Waals surface area contributed by atoms with Crippen molar-refractivity contribution in [1.29, 1.82) is 0 Å². The third-order valence-electron chi connectivity index (χ3n) is 4.30. The molecule has 0 radical (unpaired) electrons. The first-order chi connectivity index (χ1) is 11.7. The number of hydrogen-bond acceptors (Lipinski definition) is 3. The second kappa shape index (κ2) is 9.59. The van der Waals surface area contributed by atoms with Gasteiger partial charge in [-0.2, -0.15) is 0 Å². The van der Waals surface area contributed by atoms with Crippen LogP contribution >= 0.6 is 0 Å². The lowest BCUT2D eigenvalue weighted by Crippen LogP contribution is -2.41. The van der Waals surface area contributed by atoms with Gasteiger partial charge in [0.25, 0.3) is 0 Å². The Labute approximate surface area is 143 Å². The molecule has 1 saturated carbocycles. The van der Waals surface area contributed by atoms with E-state index >= 15 is 0 Å². The normalized spacial score (nSPS) is 16.0. The molecule has 0 aromatic heterocycles. The summed E-state index contributed by atoms with van der Waals surface area (Å²) in [5.41, 5.74) is 1.11.